The largest absolute Gasteiger partial charge is 0.508 e. The predicted molar refractivity (Wildman–Crippen MR) is 228 cm³/mol. The van der Waals surface area contributed by atoms with Crippen LogP contribution in [0.25, 0.3) is 22.0 Å². The molecule has 2 atom stereocenters. The minimum atomic E-state index is -0.883. The van der Waals surface area contributed by atoms with Gasteiger partial charge < -0.3 is 24.8 Å². The summed E-state index contributed by atoms with van der Waals surface area (Å²) in [5.74, 6) is -0.527. The molecule has 2 aliphatic heterocycles. The van der Waals surface area contributed by atoms with Crippen LogP contribution in [-0.2, 0) is 40.8 Å². The molecule has 2 N–H and O–H groups in total. The van der Waals surface area contributed by atoms with E-state index in [1.54, 1.807) is 50.2 Å². The number of carbonyl (C=O) groups excluding carboxylic acids is 4. The number of amides is 4. The van der Waals surface area contributed by atoms with Crippen molar-refractivity contribution in [1.29, 1.82) is 0 Å². The summed E-state index contributed by atoms with van der Waals surface area (Å²) >= 11 is 0. The van der Waals surface area contributed by atoms with Gasteiger partial charge in [-0.3, -0.25) is 19.2 Å². The Morgan fingerprint density at radius 1 is 0.898 bits per heavy atom. The van der Waals surface area contributed by atoms with Crippen LogP contribution in [0.3, 0.4) is 0 Å². The van der Waals surface area contributed by atoms with E-state index >= 15 is 0 Å². The van der Waals surface area contributed by atoms with E-state index in [2.05, 4.69) is 28.7 Å². The van der Waals surface area contributed by atoms with Crippen molar-refractivity contribution in [3.63, 3.8) is 0 Å². The van der Waals surface area contributed by atoms with E-state index in [-0.39, 0.29) is 67.9 Å². The van der Waals surface area contributed by atoms with Gasteiger partial charge in [0.25, 0.3) is 5.91 Å². The Hall–Kier alpha value is -6.20. The first-order chi connectivity index (χ1) is 28.7. The highest BCUT2D eigenvalue weighted by atomic mass is 16.3. The van der Waals surface area contributed by atoms with Crippen molar-refractivity contribution < 1.29 is 24.3 Å². The van der Waals surface area contributed by atoms with Gasteiger partial charge in [-0.25, -0.2) is 10.0 Å². The molecule has 2 saturated heterocycles. The number of benzene rings is 4. The number of hydrogen-bond donors (Lipinski definition) is 2. The van der Waals surface area contributed by atoms with Crippen molar-refractivity contribution >= 4 is 34.5 Å². The zero-order chi connectivity index (χ0) is 41.0. The lowest BCUT2D eigenvalue weighted by molar-refractivity contribution is -0.205. The van der Waals surface area contributed by atoms with Crippen LogP contribution in [0.4, 0.5) is 0 Å². The highest BCUT2D eigenvalue weighted by Crippen LogP contribution is 2.35. The summed E-state index contributed by atoms with van der Waals surface area (Å²) in [6, 6.07) is 29.7. The Kier molecular flexibility index (Phi) is 11.6. The highest BCUT2D eigenvalue weighted by molar-refractivity contribution is 6.01. The van der Waals surface area contributed by atoms with Crippen molar-refractivity contribution in [3.8, 4) is 16.9 Å². The first-order valence-corrected chi connectivity index (χ1v) is 20.8. The van der Waals surface area contributed by atoms with E-state index in [1.165, 1.54) is 6.42 Å². The van der Waals surface area contributed by atoms with Crippen LogP contribution < -0.4 is 5.32 Å². The number of nitrogens with zero attached hydrogens (tertiary/aromatic N) is 5. The lowest BCUT2D eigenvalue weighted by Gasteiger charge is -2.55. The van der Waals surface area contributed by atoms with E-state index in [4.69, 9.17) is 0 Å². The molecule has 11 heteroatoms. The summed E-state index contributed by atoms with van der Waals surface area (Å²) in [5, 5.41) is 17.7. The fourth-order valence-electron chi connectivity index (χ4n) is 9.23. The number of phenols is 1. The van der Waals surface area contributed by atoms with Gasteiger partial charge in [0.15, 0.2) is 0 Å². The van der Waals surface area contributed by atoms with Crippen LogP contribution in [0.5, 0.6) is 5.75 Å². The van der Waals surface area contributed by atoms with E-state index in [9.17, 15) is 24.3 Å². The number of piperazine rings is 1. The number of aryl methyl sites for hydroxylation is 2. The second-order valence-corrected chi connectivity index (χ2v) is 16.1. The zero-order valence-electron chi connectivity index (χ0n) is 33.6. The molecule has 4 amide bonds. The molecular weight excluding hydrogens is 741 g/mol. The van der Waals surface area contributed by atoms with Gasteiger partial charge in [0.05, 0.1) is 18.6 Å². The van der Waals surface area contributed by atoms with Crippen LogP contribution in [0.1, 0.15) is 65.6 Å². The third-order valence-electron chi connectivity index (χ3n) is 12.1. The fourth-order valence-corrected chi connectivity index (χ4v) is 9.23. The molecule has 1 aromatic heterocycles. The number of carbonyl (C=O) groups is 4. The molecule has 3 aliphatic rings. The van der Waals surface area contributed by atoms with E-state index < -0.39 is 12.2 Å². The number of hydrazine groups is 1. The number of aromatic nitrogens is 1. The Balaban J connectivity index is 1.12. The lowest BCUT2D eigenvalue weighted by atomic mass is 9.95. The average molecular weight is 793 g/mol. The number of fused-ring (bicyclic) bond motifs is 2. The minimum Gasteiger partial charge on any atom is -0.508 e. The molecule has 0 spiro atoms. The maximum Gasteiger partial charge on any atom is 0.251 e. The molecule has 3 fully saturated rings. The summed E-state index contributed by atoms with van der Waals surface area (Å²) < 4.78 is 2.07. The number of phenolic OH excluding ortho intramolecular Hbond substituents is 1. The number of aromatic hydroxyl groups is 1. The van der Waals surface area contributed by atoms with Crippen molar-refractivity contribution in [2.45, 2.75) is 76.2 Å². The molecule has 304 valence electrons. The number of para-hydroxylation sites is 1. The van der Waals surface area contributed by atoms with Gasteiger partial charge in [-0.2, -0.15) is 0 Å². The molecule has 11 nitrogen and oxygen atoms in total. The Bertz CT molecular complexity index is 2350. The van der Waals surface area contributed by atoms with Gasteiger partial charge >= 0.3 is 0 Å². The highest BCUT2D eigenvalue weighted by Gasteiger charge is 2.51. The van der Waals surface area contributed by atoms with Gasteiger partial charge in [0.2, 0.25) is 17.7 Å². The Morgan fingerprint density at radius 2 is 1.66 bits per heavy atom. The Labute approximate surface area is 345 Å². The van der Waals surface area contributed by atoms with Crippen molar-refractivity contribution in [3.05, 3.63) is 138 Å². The maximum absolute atomic E-state index is 14.8. The molecule has 0 radical (unpaired) electrons. The third kappa shape index (κ3) is 8.38. The van der Waals surface area contributed by atoms with Gasteiger partial charge in [0.1, 0.15) is 18.0 Å². The first kappa shape index (κ1) is 39.6. The maximum atomic E-state index is 14.8. The normalized spacial score (nSPS) is 18.9. The SMILES string of the molecule is C=CCN1CC(=O)N2[C@@H](Cc3ccc(O)cc3)C(=O)N(Cc3cccc4c(-c5cccc(C(=O)NC6CCCCC6)c5)cn(C)c34)C[C@@H]2N1C(=O)CCc1ccccc1. The topological polar surface area (TPSA) is 118 Å². The average Bonchev–Trinajstić information content (AvgIpc) is 3.60. The molecule has 3 heterocycles. The summed E-state index contributed by atoms with van der Waals surface area (Å²) in [7, 11) is 1.99. The zero-order valence-corrected chi connectivity index (χ0v) is 33.6. The molecule has 5 aromatic rings. The van der Waals surface area contributed by atoms with Gasteiger partial charge in [-0.1, -0.05) is 98.1 Å². The number of rotatable bonds is 12. The van der Waals surface area contributed by atoms with Gasteiger partial charge in [-0.05, 0) is 65.8 Å². The van der Waals surface area contributed by atoms with Crippen LogP contribution in [-0.4, -0.2) is 91.0 Å². The van der Waals surface area contributed by atoms with Crippen molar-refractivity contribution in [1.82, 2.24) is 29.7 Å². The monoisotopic (exact) mass is 792 g/mol. The summed E-state index contributed by atoms with van der Waals surface area (Å²) in [6.07, 6.45) is 9.51. The summed E-state index contributed by atoms with van der Waals surface area (Å²) in [4.78, 5) is 60.0. The smallest absolute Gasteiger partial charge is 0.251 e. The molecule has 4 aromatic carbocycles. The predicted octanol–water partition coefficient (Wildman–Crippen LogP) is 6.60. The first-order valence-electron chi connectivity index (χ1n) is 20.8. The van der Waals surface area contributed by atoms with Crippen molar-refractivity contribution in [2.24, 2.45) is 7.05 Å². The molecule has 8 rings (SSSR count). The van der Waals surface area contributed by atoms with Crippen LogP contribution in [0, 0.1) is 0 Å². The van der Waals surface area contributed by atoms with Gasteiger partial charge in [-0.15, -0.1) is 6.58 Å². The van der Waals surface area contributed by atoms with E-state index in [0.717, 1.165) is 64.4 Å². The quantitative estimate of drug-likeness (QED) is 0.138. The second-order valence-electron chi connectivity index (χ2n) is 16.1. The van der Waals surface area contributed by atoms with Crippen LogP contribution in [0.2, 0.25) is 0 Å². The fraction of sp³-hybridized carbons (Fsp3) is 0.333. The summed E-state index contributed by atoms with van der Waals surface area (Å²) in [6.45, 7) is 4.51. The molecule has 59 heavy (non-hydrogen) atoms. The molecule has 0 bridgehead atoms. The minimum absolute atomic E-state index is 0.0559. The van der Waals surface area contributed by atoms with Crippen LogP contribution >= 0.6 is 0 Å². The standard InChI is InChI=1S/C48H52N6O5/c1-3-26-52-32-45(57)53-42(27-34-20-23-39(55)24-21-34)48(59)51(31-43(53)54(52)44(56)25-22-33-12-6-4-7-13-33)29-37-16-11-19-40-41(30-50(2)46(37)40)35-14-10-15-36(28-35)47(58)49-38-17-8-5-9-18-38/h3-4,6-7,10-16,19-21,23-24,28,30,38,42-43,55H,1,5,8-9,17-18,22,25-27,29,31-32H2,2H3,(H,49,58)/t42-,43-/m0/s1. The molecule has 1 aliphatic carbocycles. The summed E-state index contributed by atoms with van der Waals surface area (Å²) in [5.41, 5.74) is 6.22. The van der Waals surface area contributed by atoms with Crippen molar-refractivity contribution in [2.75, 3.05) is 19.6 Å². The Morgan fingerprint density at radius 3 is 2.42 bits per heavy atom. The molecule has 1 saturated carbocycles. The lowest BCUT2D eigenvalue weighted by Crippen LogP contribution is -2.75. The number of hydrogen-bond acceptors (Lipinski definition) is 6. The molecular formula is C48H52N6O5. The van der Waals surface area contributed by atoms with Gasteiger partial charge in [0, 0.05) is 61.7 Å². The second kappa shape index (κ2) is 17.3. The van der Waals surface area contributed by atoms with E-state index in [1.807, 2.05) is 73.8 Å². The van der Waals surface area contributed by atoms with Crippen LogP contribution in [0.15, 0.2) is 116 Å². The van der Waals surface area contributed by atoms with E-state index in [0.29, 0.717) is 18.5 Å². The molecule has 0 unspecified atom stereocenters. The third-order valence-corrected chi connectivity index (χ3v) is 12.1. The number of nitrogens with one attached hydrogen (secondary N) is 1.